The van der Waals surface area contributed by atoms with E-state index in [0.717, 1.165) is 0 Å². The molecule has 76 valence electrons. The van der Waals surface area contributed by atoms with Crippen molar-refractivity contribution in [1.29, 1.82) is 0 Å². The molecule has 1 heterocycles. The predicted octanol–water partition coefficient (Wildman–Crippen LogP) is 0.492. The molecular formula is C9H8N4O2. The van der Waals surface area contributed by atoms with Crippen LogP contribution in [-0.4, -0.2) is 21.0 Å². The Morgan fingerprint density at radius 2 is 2.00 bits per heavy atom. The summed E-state index contributed by atoms with van der Waals surface area (Å²) in [7, 11) is 0. The first-order valence-corrected chi connectivity index (χ1v) is 4.14. The van der Waals surface area contributed by atoms with Crippen LogP contribution in [0, 0.1) is 0 Å². The number of benzene rings is 1. The van der Waals surface area contributed by atoms with Crippen molar-refractivity contribution >= 4 is 28.6 Å². The minimum Gasteiger partial charge on any atom is -0.478 e. The van der Waals surface area contributed by atoms with Crippen LogP contribution in [0.2, 0.25) is 0 Å². The lowest BCUT2D eigenvalue weighted by atomic mass is 10.1. The number of carboxylic acids is 1. The molecule has 6 heteroatoms. The number of nitrogens with zero attached hydrogens (tertiary/aromatic N) is 2. The molecule has 0 aliphatic heterocycles. The second kappa shape index (κ2) is 3.09. The van der Waals surface area contributed by atoms with E-state index >= 15 is 0 Å². The fraction of sp³-hybridized carbons (Fsp3) is 0. The number of hydrogen-bond donors (Lipinski definition) is 3. The molecule has 0 saturated carbocycles. The van der Waals surface area contributed by atoms with Crippen LogP contribution in [0.4, 0.5) is 11.8 Å². The molecule has 1 aromatic carbocycles. The number of fused-ring (bicyclic) bond motifs is 1. The fourth-order valence-corrected chi connectivity index (χ4v) is 1.30. The van der Waals surface area contributed by atoms with Gasteiger partial charge in [0.1, 0.15) is 5.82 Å². The van der Waals surface area contributed by atoms with E-state index < -0.39 is 5.97 Å². The van der Waals surface area contributed by atoms with Gasteiger partial charge in [-0.25, -0.2) is 9.78 Å². The number of aromatic nitrogens is 2. The van der Waals surface area contributed by atoms with Crippen molar-refractivity contribution in [1.82, 2.24) is 9.97 Å². The third-order valence-electron chi connectivity index (χ3n) is 1.99. The monoisotopic (exact) mass is 204 g/mol. The topological polar surface area (TPSA) is 115 Å². The molecule has 0 amide bonds. The summed E-state index contributed by atoms with van der Waals surface area (Å²) in [6.45, 7) is 0. The van der Waals surface area contributed by atoms with Crippen molar-refractivity contribution in [2.75, 3.05) is 11.5 Å². The number of anilines is 2. The van der Waals surface area contributed by atoms with Crippen LogP contribution in [0.15, 0.2) is 18.2 Å². The van der Waals surface area contributed by atoms with E-state index in [-0.39, 0.29) is 17.3 Å². The summed E-state index contributed by atoms with van der Waals surface area (Å²) in [5.74, 6) is -0.767. The molecule has 0 saturated heterocycles. The van der Waals surface area contributed by atoms with Gasteiger partial charge in [-0.15, -0.1) is 0 Å². The molecule has 0 fully saturated rings. The summed E-state index contributed by atoms with van der Waals surface area (Å²) < 4.78 is 0. The lowest BCUT2D eigenvalue weighted by molar-refractivity contribution is 0.0697. The van der Waals surface area contributed by atoms with E-state index in [9.17, 15) is 4.79 Å². The molecule has 6 nitrogen and oxygen atoms in total. The summed E-state index contributed by atoms with van der Waals surface area (Å²) in [5.41, 5.74) is 11.7. The maximum absolute atomic E-state index is 10.7. The third kappa shape index (κ3) is 1.52. The second-order valence-corrected chi connectivity index (χ2v) is 3.00. The maximum atomic E-state index is 10.7. The number of carbonyl (C=O) groups is 1. The van der Waals surface area contributed by atoms with Crippen molar-refractivity contribution in [2.45, 2.75) is 0 Å². The molecule has 2 rings (SSSR count). The van der Waals surface area contributed by atoms with E-state index in [0.29, 0.717) is 10.9 Å². The molecule has 0 aliphatic carbocycles. The Hall–Kier alpha value is -2.37. The average Bonchev–Trinajstić information content (AvgIpc) is 2.16. The van der Waals surface area contributed by atoms with Crippen molar-refractivity contribution in [3.05, 3.63) is 23.8 Å². The highest BCUT2D eigenvalue weighted by Gasteiger charge is 2.07. The third-order valence-corrected chi connectivity index (χ3v) is 1.99. The standard InChI is InChI=1S/C9H8N4O2/c10-7-5-3-4(8(14)15)1-2-6(5)12-9(11)13-7/h1-3H,(H,14,15)(H4,10,11,12,13). The van der Waals surface area contributed by atoms with E-state index in [2.05, 4.69) is 9.97 Å². The van der Waals surface area contributed by atoms with Crippen LogP contribution in [0.5, 0.6) is 0 Å². The fourth-order valence-electron chi connectivity index (χ4n) is 1.30. The van der Waals surface area contributed by atoms with Crippen molar-refractivity contribution < 1.29 is 9.90 Å². The molecule has 0 bridgehead atoms. The number of nitrogen functional groups attached to an aromatic ring is 2. The molecule has 2 aromatic rings. The Morgan fingerprint density at radius 1 is 1.27 bits per heavy atom. The van der Waals surface area contributed by atoms with Crippen molar-refractivity contribution in [3.63, 3.8) is 0 Å². The molecule has 5 N–H and O–H groups in total. The van der Waals surface area contributed by atoms with E-state index in [4.69, 9.17) is 16.6 Å². The average molecular weight is 204 g/mol. The summed E-state index contributed by atoms with van der Waals surface area (Å²) in [5, 5.41) is 9.27. The number of nitrogens with two attached hydrogens (primary N) is 2. The minimum atomic E-state index is -1.02. The number of aromatic carboxylic acids is 1. The summed E-state index contributed by atoms with van der Waals surface area (Å²) in [6, 6.07) is 4.41. The van der Waals surface area contributed by atoms with Crippen LogP contribution < -0.4 is 11.5 Å². The van der Waals surface area contributed by atoms with E-state index in [1.165, 1.54) is 12.1 Å². The van der Waals surface area contributed by atoms with Crippen molar-refractivity contribution in [2.24, 2.45) is 0 Å². The summed E-state index contributed by atoms with van der Waals surface area (Å²) in [6.07, 6.45) is 0. The highest BCUT2D eigenvalue weighted by Crippen LogP contribution is 2.19. The van der Waals surface area contributed by atoms with Crippen LogP contribution in [0.1, 0.15) is 10.4 Å². The molecule has 15 heavy (non-hydrogen) atoms. The number of rotatable bonds is 1. The summed E-state index contributed by atoms with van der Waals surface area (Å²) in [4.78, 5) is 18.4. The Morgan fingerprint density at radius 3 is 2.67 bits per heavy atom. The largest absolute Gasteiger partial charge is 0.478 e. The van der Waals surface area contributed by atoms with Crippen molar-refractivity contribution in [3.8, 4) is 0 Å². The lowest BCUT2D eigenvalue weighted by Crippen LogP contribution is -2.02. The molecule has 0 unspecified atom stereocenters. The van der Waals surface area contributed by atoms with Crippen LogP contribution >= 0.6 is 0 Å². The predicted molar refractivity (Wildman–Crippen MR) is 55.3 cm³/mol. The van der Waals surface area contributed by atoms with Gasteiger partial charge < -0.3 is 16.6 Å². The van der Waals surface area contributed by atoms with Gasteiger partial charge in [0.25, 0.3) is 0 Å². The van der Waals surface area contributed by atoms with Crippen LogP contribution in [-0.2, 0) is 0 Å². The number of carboxylic acid groups (broad SMARTS) is 1. The molecule has 0 atom stereocenters. The zero-order valence-corrected chi connectivity index (χ0v) is 7.64. The Labute approximate surface area is 84.6 Å². The van der Waals surface area contributed by atoms with Gasteiger partial charge in [-0.1, -0.05) is 0 Å². The Balaban J connectivity index is 2.76. The van der Waals surface area contributed by atoms with E-state index in [1.54, 1.807) is 6.07 Å². The van der Waals surface area contributed by atoms with Crippen LogP contribution in [0.25, 0.3) is 10.9 Å². The van der Waals surface area contributed by atoms with Gasteiger partial charge in [0.05, 0.1) is 11.1 Å². The minimum absolute atomic E-state index is 0.0723. The highest BCUT2D eigenvalue weighted by atomic mass is 16.4. The van der Waals surface area contributed by atoms with Gasteiger partial charge in [0.2, 0.25) is 5.95 Å². The zero-order valence-electron chi connectivity index (χ0n) is 7.64. The molecule has 1 aromatic heterocycles. The van der Waals surface area contributed by atoms with Gasteiger partial charge >= 0.3 is 5.97 Å². The highest BCUT2D eigenvalue weighted by molar-refractivity contribution is 5.96. The Kier molecular flexibility index (Phi) is 1.89. The van der Waals surface area contributed by atoms with Gasteiger partial charge in [-0.3, -0.25) is 0 Å². The summed E-state index contributed by atoms with van der Waals surface area (Å²) >= 11 is 0. The maximum Gasteiger partial charge on any atom is 0.335 e. The first-order chi connectivity index (χ1) is 7.08. The Bertz CT molecular complexity index is 553. The first kappa shape index (κ1) is 9.20. The molecular weight excluding hydrogens is 196 g/mol. The molecule has 0 spiro atoms. The normalized spacial score (nSPS) is 10.4. The SMILES string of the molecule is Nc1nc(N)c2cc(C(=O)O)ccc2n1. The quantitative estimate of drug-likeness (QED) is 0.622. The van der Waals surface area contributed by atoms with Gasteiger partial charge in [0, 0.05) is 5.39 Å². The zero-order chi connectivity index (χ0) is 11.0. The van der Waals surface area contributed by atoms with Gasteiger partial charge in [0.15, 0.2) is 0 Å². The lowest BCUT2D eigenvalue weighted by Gasteiger charge is -2.02. The molecule has 0 radical (unpaired) electrons. The second-order valence-electron chi connectivity index (χ2n) is 3.00. The number of hydrogen-bond acceptors (Lipinski definition) is 5. The first-order valence-electron chi connectivity index (χ1n) is 4.14. The smallest absolute Gasteiger partial charge is 0.335 e. The van der Waals surface area contributed by atoms with Crippen LogP contribution in [0.3, 0.4) is 0 Å². The molecule has 0 aliphatic rings. The van der Waals surface area contributed by atoms with E-state index in [1.807, 2.05) is 0 Å². The van der Waals surface area contributed by atoms with Gasteiger partial charge in [-0.05, 0) is 18.2 Å². The van der Waals surface area contributed by atoms with Gasteiger partial charge in [-0.2, -0.15) is 4.98 Å².